The molecule has 0 spiro atoms. The van der Waals surface area contributed by atoms with E-state index in [9.17, 15) is 0 Å². The zero-order valence-corrected chi connectivity index (χ0v) is 9.84. The van der Waals surface area contributed by atoms with Crippen LogP contribution in [0.3, 0.4) is 0 Å². The summed E-state index contributed by atoms with van der Waals surface area (Å²) in [6.07, 6.45) is 3.93. The molecule has 0 heterocycles. The zero-order chi connectivity index (χ0) is 10.9. The number of unbranched alkanes of at least 4 members (excludes halogenated alkanes) is 2. The molecular weight excluding hydrogens is 184 g/mol. The van der Waals surface area contributed by atoms with Crippen molar-refractivity contribution in [1.82, 2.24) is 0 Å². The SMILES string of the molecule is C[NH+](CCCCC[NH3+])Cc1ccccc1. The minimum Gasteiger partial charge on any atom is -0.358 e. The molecule has 4 N–H and O–H groups in total. The van der Waals surface area contributed by atoms with Gasteiger partial charge in [-0.05, 0) is 19.3 Å². The van der Waals surface area contributed by atoms with Crippen LogP contribution in [0, 0.1) is 0 Å². The van der Waals surface area contributed by atoms with Crippen LogP contribution in [-0.4, -0.2) is 20.1 Å². The molecule has 0 aliphatic rings. The number of nitrogens with one attached hydrogen (secondary N) is 1. The van der Waals surface area contributed by atoms with Gasteiger partial charge in [0.2, 0.25) is 0 Å². The van der Waals surface area contributed by atoms with Gasteiger partial charge in [-0.2, -0.15) is 0 Å². The van der Waals surface area contributed by atoms with Crippen molar-refractivity contribution in [2.24, 2.45) is 0 Å². The average molecular weight is 208 g/mol. The summed E-state index contributed by atoms with van der Waals surface area (Å²) in [6, 6.07) is 10.7. The number of benzene rings is 1. The van der Waals surface area contributed by atoms with Crippen molar-refractivity contribution in [3.05, 3.63) is 35.9 Å². The van der Waals surface area contributed by atoms with E-state index < -0.39 is 0 Å². The van der Waals surface area contributed by atoms with Gasteiger partial charge in [0.05, 0.1) is 20.1 Å². The molecular formula is C13H24N2+2. The number of hydrogen-bond donors (Lipinski definition) is 2. The van der Waals surface area contributed by atoms with Crippen molar-refractivity contribution in [1.29, 1.82) is 0 Å². The predicted molar refractivity (Wildman–Crippen MR) is 63.5 cm³/mol. The minimum absolute atomic E-state index is 1.08. The molecule has 0 fully saturated rings. The summed E-state index contributed by atoms with van der Waals surface area (Å²) in [4.78, 5) is 1.60. The van der Waals surface area contributed by atoms with Crippen LogP contribution >= 0.6 is 0 Å². The van der Waals surface area contributed by atoms with E-state index in [0.29, 0.717) is 0 Å². The predicted octanol–water partition coefficient (Wildman–Crippen LogP) is 0.114. The highest BCUT2D eigenvalue weighted by molar-refractivity contribution is 5.13. The van der Waals surface area contributed by atoms with Crippen LogP contribution in [0.2, 0.25) is 0 Å². The quantitative estimate of drug-likeness (QED) is 0.596. The highest BCUT2D eigenvalue weighted by atomic mass is 15.1. The van der Waals surface area contributed by atoms with Crippen molar-refractivity contribution in [2.45, 2.75) is 25.8 Å². The van der Waals surface area contributed by atoms with E-state index in [4.69, 9.17) is 0 Å². The van der Waals surface area contributed by atoms with E-state index in [1.54, 1.807) is 4.90 Å². The fraction of sp³-hybridized carbons (Fsp3) is 0.538. The molecule has 1 unspecified atom stereocenters. The summed E-state index contributed by atoms with van der Waals surface area (Å²) in [6.45, 7) is 3.50. The molecule has 0 aliphatic carbocycles. The van der Waals surface area contributed by atoms with Gasteiger partial charge in [0.1, 0.15) is 6.54 Å². The van der Waals surface area contributed by atoms with Crippen molar-refractivity contribution < 1.29 is 10.6 Å². The highest BCUT2D eigenvalue weighted by Crippen LogP contribution is 1.95. The Morgan fingerprint density at radius 2 is 1.80 bits per heavy atom. The van der Waals surface area contributed by atoms with Gasteiger partial charge in [-0.15, -0.1) is 0 Å². The Morgan fingerprint density at radius 1 is 1.07 bits per heavy atom. The fourth-order valence-electron chi connectivity index (χ4n) is 1.81. The first-order valence-electron chi connectivity index (χ1n) is 5.97. The van der Waals surface area contributed by atoms with Crippen molar-refractivity contribution in [3.8, 4) is 0 Å². The van der Waals surface area contributed by atoms with Crippen molar-refractivity contribution in [2.75, 3.05) is 20.1 Å². The summed E-state index contributed by atoms with van der Waals surface area (Å²) in [7, 11) is 2.27. The normalized spacial score (nSPS) is 12.7. The molecule has 1 atom stereocenters. The second-order valence-electron chi connectivity index (χ2n) is 4.28. The maximum atomic E-state index is 3.86. The van der Waals surface area contributed by atoms with Gasteiger partial charge in [-0.3, -0.25) is 0 Å². The molecule has 0 aromatic heterocycles. The molecule has 1 aromatic carbocycles. The summed E-state index contributed by atoms with van der Waals surface area (Å²) >= 11 is 0. The summed E-state index contributed by atoms with van der Waals surface area (Å²) < 4.78 is 0. The van der Waals surface area contributed by atoms with Crippen LogP contribution in [0.4, 0.5) is 0 Å². The third-order valence-corrected chi connectivity index (χ3v) is 2.70. The van der Waals surface area contributed by atoms with E-state index in [1.807, 2.05) is 0 Å². The molecule has 0 radical (unpaired) electrons. The van der Waals surface area contributed by atoms with E-state index >= 15 is 0 Å². The van der Waals surface area contributed by atoms with Gasteiger partial charge in [0, 0.05) is 5.56 Å². The molecule has 0 bridgehead atoms. The molecule has 84 valence electrons. The smallest absolute Gasteiger partial charge is 0.103 e. The van der Waals surface area contributed by atoms with Gasteiger partial charge < -0.3 is 10.6 Å². The monoisotopic (exact) mass is 208 g/mol. The summed E-state index contributed by atoms with van der Waals surface area (Å²) in [5.41, 5.74) is 5.30. The van der Waals surface area contributed by atoms with Crippen LogP contribution in [0.1, 0.15) is 24.8 Å². The Labute approximate surface area is 93.1 Å². The lowest BCUT2D eigenvalue weighted by molar-refractivity contribution is -0.894. The van der Waals surface area contributed by atoms with Crippen LogP contribution in [-0.2, 0) is 6.54 Å². The molecule has 1 rings (SSSR count). The van der Waals surface area contributed by atoms with Crippen molar-refractivity contribution >= 4 is 0 Å². The standard InChI is InChI=1S/C13H22N2/c1-15(11-7-3-6-10-14)12-13-8-4-2-5-9-13/h2,4-5,8-9H,3,6-7,10-12,14H2,1H3/p+2. The first-order valence-corrected chi connectivity index (χ1v) is 5.97. The van der Waals surface area contributed by atoms with Crippen LogP contribution in [0.15, 0.2) is 30.3 Å². The number of quaternary nitrogens is 2. The topological polar surface area (TPSA) is 32.1 Å². The molecule has 1 aromatic rings. The molecule has 15 heavy (non-hydrogen) atoms. The third kappa shape index (κ3) is 5.55. The Morgan fingerprint density at radius 3 is 2.47 bits per heavy atom. The van der Waals surface area contributed by atoms with Gasteiger partial charge in [0.15, 0.2) is 0 Å². The Balaban J connectivity index is 2.16. The molecule has 0 saturated heterocycles. The Kier molecular flexibility index (Phi) is 6.05. The van der Waals surface area contributed by atoms with Gasteiger partial charge in [-0.25, -0.2) is 0 Å². The maximum absolute atomic E-state index is 3.86. The summed E-state index contributed by atoms with van der Waals surface area (Å²) in [5.74, 6) is 0. The number of rotatable bonds is 7. The highest BCUT2D eigenvalue weighted by Gasteiger charge is 2.02. The average Bonchev–Trinajstić information content (AvgIpc) is 2.26. The van der Waals surface area contributed by atoms with E-state index in [1.165, 1.54) is 31.4 Å². The first kappa shape index (κ1) is 12.2. The lowest BCUT2D eigenvalue weighted by atomic mass is 10.2. The van der Waals surface area contributed by atoms with Gasteiger partial charge in [0.25, 0.3) is 0 Å². The molecule has 2 heteroatoms. The van der Waals surface area contributed by atoms with Crippen molar-refractivity contribution in [3.63, 3.8) is 0 Å². The maximum Gasteiger partial charge on any atom is 0.103 e. The molecule has 0 aliphatic heterocycles. The van der Waals surface area contributed by atoms with Crippen LogP contribution in [0.25, 0.3) is 0 Å². The van der Waals surface area contributed by atoms with Gasteiger partial charge >= 0.3 is 0 Å². The zero-order valence-electron chi connectivity index (χ0n) is 9.84. The second-order valence-corrected chi connectivity index (χ2v) is 4.28. The third-order valence-electron chi connectivity index (χ3n) is 2.70. The van der Waals surface area contributed by atoms with Gasteiger partial charge in [-0.1, -0.05) is 30.3 Å². The Bertz CT molecular complexity index is 246. The Hall–Kier alpha value is -0.860. The summed E-state index contributed by atoms with van der Waals surface area (Å²) in [5, 5.41) is 0. The van der Waals surface area contributed by atoms with Crippen LogP contribution in [0.5, 0.6) is 0 Å². The first-order chi connectivity index (χ1) is 7.33. The van der Waals surface area contributed by atoms with E-state index in [0.717, 1.165) is 13.1 Å². The van der Waals surface area contributed by atoms with E-state index in [-0.39, 0.29) is 0 Å². The lowest BCUT2D eigenvalue weighted by Gasteiger charge is -2.13. The second kappa shape index (κ2) is 7.43. The minimum atomic E-state index is 1.08. The molecule has 0 saturated carbocycles. The van der Waals surface area contributed by atoms with E-state index in [2.05, 4.69) is 43.1 Å². The van der Waals surface area contributed by atoms with Crippen LogP contribution < -0.4 is 10.6 Å². The fourth-order valence-corrected chi connectivity index (χ4v) is 1.81. The molecule has 0 amide bonds. The largest absolute Gasteiger partial charge is 0.358 e. The lowest BCUT2D eigenvalue weighted by Crippen LogP contribution is -3.07. The number of hydrogen-bond acceptors (Lipinski definition) is 0. The molecule has 2 nitrogen and oxygen atoms in total.